The maximum atomic E-state index is 13.2. The van der Waals surface area contributed by atoms with Gasteiger partial charge in [0, 0.05) is 17.3 Å². The summed E-state index contributed by atoms with van der Waals surface area (Å²) >= 11 is 0. The topological polar surface area (TPSA) is 73.2 Å². The summed E-state index contributed by atoms with van der Waals surface area (Å²) in [5.41, 5.74) is 1.18. The van der Waals surface area contributed by atoms with Gasteiger partial charge in [0.2, 0.25) is 5.91 Å². The Morgan fingerprint density at radius 1 is 1.15 bits per heavy atom. The van der Waals surface area contributed by atoms with E-state index in [2.05, 4.69) is 10.4 Å². The highest BCUT2D eigenvalue weighted by molar-refractivity contribution is 5.90. The number of halogens is 1. The molecule has 1 aromatic heterocycles. The smallest absolute Gasteiger partial charge is 0.267 e. The molecule has 26 heavy (non-hydrogen) atoms. The molecule has 0 unspecified atom stereocenters. The summed E-state index contributed by atoms with van der Waals surface area (Å²) in [7, 11) is 1.56. The molecule has 2 aromatic carbocycles. The maximum absolute atomic E-state index is 13.2. The first-order chi connectivity index (χ1) is 12.5. The summed E-state index contributed by atoms with van der Waals surface area (Å²) in [4.78, 5) is 24.1. The second-order valence-corrected chi connectivity index (χ2v) is 5.50. The van der Waals surface area contributed by atoms with E-state index in [0.29, 0.717) is 17.1 Å². The Hall–Kier alpha value is -3.48. The Kier molecular flexibility index (Phi) is 5.07. The van der Waals surface area contributed by atoms with E-state index in [0.717, 1.165) is 10.2 Å². The standard InChI is InChI=1S/C19H16FN3O3/c1-26-16-7-2-4-13(10-16)17-8-9-19(25)23(22-17)12-18(24)21-15-6-3-5-14(20)11-15/h2-11H,12H2,1H3,(H,21,24). The first kappa shape index (κ1) is 17.3. The first-order valence-electron chi connectivity index (χ1n) is 7.83. The van der Waals surface area contributed by atoms with Crippen LogP contribution >= 0.6 is 0 Å². The molecular weight excluding hydrogens is 337 g/mol. The Bertz CT molecular complexity index is 1000. The molecule has 132 valence electrons. The third-order valence-corrected chi connectivity index (χ3v) is 3.63. The van der Waals surface area contributed by atoms with Gasteiger partial charge in [-0.25, -0.2) is 9.07 Å². The van der Waals surface area contributed by atoms with Gasteiger partial charge in [0.1, 0.15) is 18.1 Å². The van der Waals surface area contributed by atoms with Gasteiger partial charge in [0.15, 0.2) is 0 Å². The van der Waals surface area contributed by atoms with Gasteiger partial charge >= 0.3 is 0 Å². The van der Waals surface area contributed by atoms with Crippen LogP contribution in [-0.2, 0) is 11.3 Å². The average Bonchev–Trinajstić information content (AvgIpc) is 2.63. The first-order valence-corrected chi connectivity index (χ1v) is 7.83. The summed E-state index contributed by atoms with van der Waals surface area (Å²) in [6.07, 6.45) is 0. The van der Waals surface area contributed by atoms with Crippen molar-refractivity contribution in [1.29, 1.82) is 0 Å². The second-order valence-electron chi connectivity index (χ2n) is 5.50. The van der Waals surface area contributed by atoms with Gasteiger partial charge in [-0.3, -0.25) is 9.59 Å². The van der Waals surface area contributed by atoms with Crippen molar-refractivity contribution in [2.75, 3.05) is 12.4 Å². The molecule has 0 atom stereocenters. The van der Waals surface area contributed by atoms with Gasteiger partial charge in [-0.15, -0.1) is 0 Å². The number of carbonyl (C=O) groups is 1. The number of nitrogens with zero attached hydrogens (tertiary/aromatic N) is 2. The van der Waals surface area contributed by atoms with Crippen molar-refractivity contribution in [2.45, 2.75) is 6.54 Å². The fraction of sp³-hybridized carbons (Fsp3) is 0.105. The molecule has 0 spiro atoms. The minimum Gasteiger partial charge on any atom is -0.497 e. The normalized spacial score (nSPS) is 10.4. The van der Waals surface area contributed by atoms with Gasteiger partial charge in [-0.1, -0.05) is 18.2 Å². The van der Waals surface area contributed by atoms with Crippen LogP contribution in [0, 0.1) is 5.82 Å². The fourth-order valence-corrected chi connectivity index (χ4v) is 2.40. The number of nitrogens with one attached hydrogen (secondary N) is 1. The van der Waals surface area contributed by atoms with Gasteiger partial charge in [0.25, 0.3) is 5.56 Å². The molecule has 7 heteroatoms. The summed E-state index contributed by atoms with van der Waals surface area (Å²) in [6.45, 7) is -0.285. The van der Waals surface area contributed by atoms with Crippen LogP contribution < -0.4 is 15.6 Å². The van der Waals surface area contributed by atoms with Gasteiger partial charge in [0.05, 0.1) is 12.8 Å². The van der Waals surface area contributed by atoms with Crippen LogP contribution in [0.25, 0.3) is 11.3 Å². The molecule has 0 aliphatic carbocycles. The molecule has 0 aliphatic rings. The second kappa shape index (κ2) is 7.60. The third kappa shape index (κ3) is 4.13. The Balaban J connectivity index is 1.81. The Morgan fingerprint density at radius 3 is 2.73 bits per heavy atom. The van der Waals surface area contributed by atoms with E-state index in [1.807, 2.05) is 12.1 Å². The minimum absolute atomic E-state index is 0.285. The molecule has 1 heterocycles. The summed E-state index contributed by atoms with van der Waals surface area (Å²) in [5.74, 6) is -0.281. The van der Waals surface area contributed by atoms with Crippen molar-refractivity contribution in [3.8, 4) is 17.0 Å². The predicted molar refractivity (Wildman–Crippen MR) is 95.5 cm³/mol. The van der Waals surface area contributed by atoms with Crippen molar-refractivity contribution in [1.82, 2.24) is 9.78 Å². The van der Waals surface area contributed by atoms with Crippen molar-refractivity contribution < 1.29 is 13.9 Å². The highest BCUT2D eigenvalue weighted by Crippen LogP contribution is 2.21. The molecule has 0 saturated carbocycles. The SMILES string of the molecule is COc1cccc(-c2ccc(=O)n(CC(=O)Nc3cccc(F)c3)n2)c1. The van der Waals surface area contributed by atoms with E-state index in [1.165, 1.54) is 24.3 Å². The highest BCUT2D eigenvalue weighted by Gasteiger charge is 2.09. The Labute approximate surface area is 148 Å². The van der Waals surface area contributed by atoms with Crippen molar-refractivity contribution in [3.05, 3.63) is 76.8 Å². The lowest BCUT2D eigenvalue weighted by molar-refractivity contribution is -0.117. The number of benzene rings is 2. The average molecular weight is 353 g/mol. The quantitative estimate of drug-likeness (QED) is 0.765. The van der Waals surface area contributed by atoms with Crippen LogP contribution in [0.3, 0.4) is 0 Å². The number of hydrogen-bond donors (Lipinski definition) is 1. The number of methoxy groups -OCH3 is 1. The number of hydrogen-bond acceptors (Lipinski definition) is 4. The lowest BCUT2D eigenvalue weighted by Gasteiger charge is -2.09. The molecule has 0 saturated heterocycles. The molecule has 1 N–H and O–H groups in total. The van der Waals surface area contributed by atoms with E-state index in [1.54, 1.807) is 31.4 Å². The van der Waals surface area contributed by atoms with Crippen LogP contribution in [0.1, 0.15) is 0 Å². The molecule has 0 radical (unpaired) electrons. The third-order valence-electron chi connectivity index (χ3n) is 3.63. The fourth-order valence-electron chi connectivity index (χ4n) is 2.40. The molecule has 0 bridgehead atoms. The molecule has 3 aromatic rings. The van der Waals surface area contributed by atoms with E-state index in [4.69, 9.17) is 4.74 Å². The van der Waals surface area contributed by atoms with Crippen LogP contribution in [0.4, 0.5) is 10.1 Å². The van der Waals surface area contributed by atoms with E-state index < -0.39 is 17.3 Å². The lowest BCUT2D eigenvalue weighted by atomic mass is 10.1. The van der Waals surface area contributed by atoms with Crippen LogP contribution in [0.2, 0.25) is 0 Å². The van der Waals surface area contributed by atoms with E-state index in [-0.39, 0.29) is 6.54 Å². The van der Waals surface area contributed by atoms with Crippen LogP contribution in [0.5, 0.6) is 5.75 Å². The number of anilines is 1. The minimum atomic E-state index is -0.479. The van der Waals surface area contributed by atoms with Crippen LogP contribution in [-0.4, -0.2) is 22.8 Å². The zero-order valence-corrected chi connectivity index (χ0v) is 14.0. The summed E-state index contributed by atoms with van der Waals surface area (Å²) in [6, 6.07) is 15.7. The van der Waals surface area contributed by atoms with Gasteiger partial charge in [-0.2, -0.15) is 5.10 Å². The lowest BCUT2D eigenvalue weighted by Crippen LogP contribution is -2.29. The molecule has 0 fully saturated rings. The van der Waals surface area contributed by atoms with Crippen molar-refractivity contribution in [2.24, 2.45) is 0 Å². The van der Waals surface area contributed by atoms with Crippen molar-refractivity contribution >= 4 is 11.6 Å². The molecule has 6 nitrogen and oxygen atoms in total. The zero-order valence-electron chi connectivity index (χ0n) is 14.0. The number of carbonyl (C=O) groups excluding carboxylic acids is 1. The predicted octanol–water partition coefficient (Wildman–Crippen LogP) is 2.70. The largest absolute Gasteiger partial charge is 0.497 e. The summed E-state index contributed by atoms with van der Waals surface area (Å²) < 4.78 is 19.4. The van der Waals surface area contributed by atoms with Crippen molar-refractivity contribution in [3.63, 3.8) is 0 Å². The number of amides is 1. The van der Waals surface area contributed by atoms with Gasteiger partial charge in [-0.05, 0) is 36.4 Å². The zero-order chi connectivity index (χ0) is 18.5. The highest BCUT2D eigenvalue weighted by atomic mass is 19.1. The molecule has 0 aliphatic heterocycles. The number of rotatable bonds is 5. The van der Waals surface area contributed by atoms with Crippen LogP contribution in [0.15, 0.2) is 65.5 Å². The maximum Gasteiger partial charge on any atom is 0.267 e. The molecule has 3 rings (SSSR count). The number of aromatic nitrogens is 2. The Morgan fingerprint density at radius 2 is 1.96 bits per heavy atom. The summed E-state index contributed by atoms with van der Waals surface area (Å²) in [5, 5.41) is 6.77. The molecular formula is C19H16FN3O3. The van der Waals surface area contributed by atoms with E-state index >= 15 is 0 Å². The van der Waals surface area contributed by atoms with Gasteiger partial charge < -0.3 is 10.1 Å². The van der Waals surface area contributed by atoms with E-state index in [9.17, 15) is 14.0 Å². The monoisotopic (exact) mass is 353 g/mol. The number of ether oxygens (including phenoxy) is 1. The molecule has 1 amide bonds.